The molecule has 2 rings (SSSR count). The zero-order valence-electron chi connectivity index (χ0n) is 15.1. The van der Waals surface area contributed by atoms with Crippen LogP contribution in [0.25, 0.3) is 0 Å². The third-order valence-corrected chi connectivity index (χ3v) is 4.25. The highest BCUT2D eigenvalue weighted by atomic mass is 127. The Labute approximate surface area is 166 Å². The van der Waals surface area contributed by atoms with Crippen molar-refractivity contribution in [3.63, 3.8) is 0 Å². The molecule has 8 nitrogen and oxygen atoms in total. The molecule has 1 aromatic heterocycles. The Morgan fingerprint density at radius 3 is 2.72 bits per heavy atom. The van der Waals surface area contributed by atoms with Gasteiger partial charge in [-0.15, -0.1) is 34.2 Å². The van der Waals surface area contributed by atoms with Crippen molar-refractivity contribution in [3.05, 3.63) is 12.2 Å². The average Bonchev–Trinajstić information content (AvgIpc) is 3.24. The Balaban J connectivity index is 0.00000312. The standard InChI is InChI=1S/C16H29N7O.HI/c1-3-14-22-20-12-23(14)11-10-19-16(17-2)18-9-8-15(24)21-13-6-4-5-7-13;/h12-13H,3-11H2,1-2H3,(H,21,24)(H2,17,18,19);1H. The van der Waals surface area contributed by atoms with E-state index in [1.54, 1.807) is 13.4 Å². The van der Waals surface area contributed by atoms with Crippen LogP contribution in [0.1, 0.15) is 44.9 Å². The monoisotopic (exact) mass is 463 g/mol. The van der Waals surface area contributed by atoms with Crippen molar-refractivity contribution in [2.24, 2.45) is 4.99 Å². The lowest BCUT2D eigenvalue weighted by atomic mass is 10.2. The van der Waals surface area contributed by atoms with Gasteiger partial charge in [-0.1, -0.05) is 19.8 Å². The number of hydrogen-bond acceptors (Lipinski definition) is 4. The van der Waals surface area contributed by atoms with Crippen LogP contribution in [0.15, 0.2) is 11.3 Å². The van der Waals surface area contributed by atoms with Gasteiger partial charge in [0.2, 0.25) is 5.91 Å². The van der Waals surface area contributed by atoms with Crippen LogP contribution in [0.2, 0.25) is 0 Å². The fourth-order valence-corrected chi connectivity index (χ4v) is 2.92. The molecule has 0 aliphatic heterocycles. The summed E-state index contributed by atoms with van der Waals surface area (Å²) in [5.41, 5.74) is 0. The van der Waals surface area contributed by atoms with Crippen LogP contribution in [0.3, 0.4) is 0 Å². The Hall–Kier alpha value is -1.39. The lowest BCUT2D eigenvalue weighted by molar-refractivity contribution is -0.121. The first kappa shape index (κ1) is 21.7. The number of hydrogen-bond donors (Lipinski definition) is 3. The van der Waals surface area contributed by atoms with Gasteiger partial charge in [-0.25, -0.2) is 0 Å². The summed E-state index contributed by atoms with van der Waals surface area (Å²) in [5, 5.41) is 17.5. The highest BCUT2D eigenvalue weighted by Gasteiger charge is 2.16. The number of aromatic nitrogens is 3. The molecule has 25 heavy (non-hydrogen) atoms. The normalized spacial score (nSPS) is 14.9. The lowest BCUT2D eigenvalue weighted by Crippen LogP contribution is -2.41. The van der Waals surface area contributed by atoms with Gasteiger partial charge in [-0.3, -0.25) is 9.79 Å². The molecule has 9 heteroatoms. The van der Waals surface area contributed by atoms with Crippen LogP contribution < -0.4 is 16.0 Å². The van der Waals surface area contributed by atoms with Gasteiger partial charge in [0.05, 0.1) is 0 Å². The van der Waals surface area contributed by atoms with Gasteiger partial charge in [0.1, 0.15) is 12.2 Å². The molecule has 1 saturated carbocycles. The molecule has 0 radical (unpaired) electrons. The van der Waals surface area contributed by atoms with Crippen LogP contribution in [-0.2, 0) is 17.8 Å². The number of nitrogens with one attached hydrogen (secondary N) is 3. The first-order chi connectivity index (χ1) is 11.7. The van der Waals surface area contributed by atoms with Crippen molar-refractivity contribution in [2.75, 3.05) is 20.1 Å². The predicted octanol–water partition coefficient (Wildman–Crippen LogP) is 1.07. The number of amides is 1. The second kappa shape index (κ2) is 12.0. The Morgan fingerprint density at radius 2 is 2.04 bits per heavy atom. The highest BCUT2D eigenvalue weighted by Crippen LogP contribution is 2.17. The molecule has 1 aliphatic rings. The summed E-state index contributed by atoms with van der Waals surface area (Å²) in [6.07, 6.45) is 7.75. The average molecular weight is 463 g/mol. The number of aliphatic imine (C=N–C) groups is 1. The van der Waals surface area contributed by atoms with E-state index in [1.807, 2.05) is 4.57 Å². The zero-order chi connectivity index (χ0) is 17.2. The minimum Gasteiger partial charge on any atom is -0.356 e. The van der Waals surface area contributed by atoms with Gasteiger partial charge in [-0.05, 0) is 12.8 Å². The van der Waals surface area contributed by atoms with E-state index in [0.29, 0.717) is 25.0 Å². The van der Waals surface area contributed by atoms with E-state index >= 15 is 0 Å². The third kappa shape index (κ3) is 7.57. The quantitative estimate of drug-likeness (QED) is 0.305. The van der Waals surface area contributed by atoms with Crippen molar-refractivity contribution in [1.82, 2.24) is 30.7 Å². The van der Waals surface area contributed by atoms with E-state index in [4.69, 9.17) is 0 Å². The number of nitrogens with zero attached hydrogens (tertiary/aromatic N) is 4. The van der Waals surface area contributed by atoms with Crippen molar-refractivity contribution < 1.29 is 4.79 Å². The summed E-state index contributed by atoms with van der Waals surface area (Å²) in [7, 11) is 1.73. The highest BCUT2D eigenvalue weighted by molar-refractivity contribution is 14.0. The van der Waals surface area contributed by atoms with Gasteiger partial charge in [0.25, 0.3) is 0 Å². The molecule has 1 amide bonds. The van der Waals surface area contributed by atoms with E-state index in [1.165, 1.54) is 12.8 Å². The Kier molecular flexibility index (Phi) is 10.4. The van der Waals surface area contributed by atoms with Crippen molar-refractivity contribution in [3.8, 4) is 0 Å². The van der Waals surface area contributed by atoms with Gasteiger partial charge in [-0.2, -0.15) is 0 Å². The zero-order valence-corrected chi connectivity index (χ0v) is 17.5. The second-order valence-corrected chi connectivity index (χ2v) is 6.02. The summed E-state index contributed by atoms with van der Waals surface area (Å²) >= 11 is 0. The first-order valence-corrected chi connectivity index (χ1v) is 8.83. The number of aryl methyl sites for hydroxylation is 1. The van der Waals surface area contributed by atoms with E-state index in [9.17, 15) is 4.79 Å². The summed E-state index contributed by atoms with van der Waals surface area (Å²) in [6, 6.07) is 0.381. The molecule has 1 heterocycles. The van der Waals surface area contributed by atoms with Crippen LogP contribution in [0, 0.1) is 0 Å². The van der Waals surface area contributed by atoms with E-state index in [0.717, 1.165) is 38.2 Å². The fourth-order valence-electron chi connectivity index (χ4n) is 2.92. The summed E-state index contributed by atoms with van der Waals surface area (Å²) in [4.78, 5) is 16.1. The van der Waals surface area contributed by atoms with Crippen LogP contribution in [0.5, 0.6) is 0 Å². The summed E-state index contributed by atoms with van der Waals surface area (Å²) in [6.45, 7) is 4.13. The maximum Gasteiger partial charge on any atom is 0.221 e. The molecule has 0 atom stereocenters. The Morgan fingerprint density at radius 1 is 1.32 bits per heavy atom. The largest absolute Gasteiger partial charge is 0.356 e. The van der Waals surface area contributed by atoms with Gasteiger partial charge in [0.15, 0.2) is 5.96 Å². The number of carbonyl (C=O) groups is 1. The fraction of sp³-hybridized carbons (Fsp3) is 0.750. The minimum absolute atomic E-state index is 0. The van der Waals surface area contributed by atoms with E-state index < -0.39 is 0 Å². The SMILES string of the molecule is CCc1nncn1CCNC(=NC)NCCC(=O)NC1CCCC1.I. The maximum atomic E-state index is 11.9. The smallest absolute Gasteiger partial charge is 0.221 e. The number of halogens is 1. The van der Waals surface area contributed by atoms with Crippen LogP contribution in [-0.4, -0.2) is 52.8 Å². The van der Waals surface area contributed by atoms with Crippen molar-refractivity contribution in [2.45, 2.75) is 58.0 Å². The predicted molar refractivity (Wildman–Crippen MR) is 109 cm³/mol. The maximum absolute atomic E-state index is 11.9. The molecule has 0 unspecified atom stereocenters. The third-order valence-electron chi connectivity index (χ3n) is 4.25. The van der Waals surface area contributed by atoms with E-state index in [2.05, 4.69) is 38.1 Å². The molecule has 0 bridgehead atoms. The second-order valence-electron chi connectivity index (χ2n) is 6.02. The number of guanidine groups is 1. The molecule has 0 aromatic carbocycles. The molecule has 0 spiro atoms. The van der Waals surface area contributed by atoms with Gasteiger partial charge >= 0.3 is 0 Å². The lowest BCUT2D eigenvalue weighted by Gasteiger charge is -2.14. The molecule has 1 aromatic rings. The molecule has 1 aliphatic carbocycles. The van der Waals surface area contributed by atoms with Gasteiger partial charge in [0, 0.05) is 45.6 Å². The summed E-state index contributed by atoms with van der Waals surface area (Å²) in [5.74, 6) is 1.79. The molecule has 3 N–H and O–H groups in total. The minimum atomic E-state index is 0. The molecule has 142 valence electrons. The van der Waals surface area contributed by atoms with E-state index in [-0.39, 0.29) is 29.9 Å². The summed E-state index contributed by atoms with van der Waals surface area (Å²) < 4.78 is 2.02. The van der Waals surface area contributed by atoms with Crippen molar-refractivity contribution >= 4 is 35.8 Å². The number of carbonyl (C=O) groups excluding carboxylic acids is 1. The first-order valence-electron chi connectivity index (χ1n) is 8.83. The topological polar surface area (TPSA) is 96.2 Å². The molecular weight excluding hydrogens is 433 g/mol. The van der Waals surface area contributed by atoms with Crippen molar-refractivity contribution in [1.29, 1.82) is 0 Å². The molecular formula is C16H30IN7O. The van der Waals surface area contributed by atoms with Crippen LogP contribution in [0.4, 0.5) is 0 Å². The van der Waals surface area contributed by atoms with Gasteiger partial charge < -0.3 is 20.5 Å². The molecule has 0 saturated heterocycles. The Bertz CT molecular complexity index is 540. The van der Waals surface area contributed by atoms with Crippen LogP contribution >= 0.6 is 24.0 Å². The number of rotatable bonds is 8. The molecule has 1 fully saturated rings.